The van der Waals surface area contributed by atoms with Crippen molar-refractivity contribution >= 4 is 23.3 Å². The lowest BCUT2D eigenvalue weighted by Gasteiger charge is -2.23. The first kappa shape index (κ1) is 15.4. The highest BCUT2D eigenvalue weighted by Crippen LogP contribution is 2.09. The molecule has 1 rings (SSSR count). The number of aromatic carboxylic acids is 1. The first-order valence-corrected chi connectivity index (χ1v) is 6.46. The van der Waals surface area contributed by atoms with Gasteiger partial charge in [0.2, 0.25) is 0 Å². The van der Waals surface area contributed by atoms with E-state index >= 15 is 0 Å². The molecule has 0 spiro atoms. The Balaban J connectivity index is 2.35. The van der Waals surface area contributed by atoms with Crippen LogP contribution in [0.4, 0.5) is 4.79 Å². The molecule has 19 heavy (non-hydrogen) atoms. The zero-order valence-corrected chi connectivity index (χ0v) is 11.8. The number of amides is 2. The molecule has 2 amide bonds. The number of hydrogen-bond acceptors (Lipinski definition) is 5. The minimum atomic E-state index is -1.08. The average molecular weight is 287 g/mol. The zero-order valence-electron chi connectivity index (χ0n) is 11.0. The summed E-state index contributed by atoms with van der Waals surface area (Å²) in [4.78, 5) is 26.0. The van der Waals surface area contributed by atoms with Crippen molar-refractivity contribution in [3.63, 3.8) is 0 Å². The van der Waals surface area contributed by atoms with Crippen LogP contribution in [0.1, 0.15) is 29.3 Å². The Morgan fingerprint density at radius 2 is 2.16 bits per heavy atom. The van der Waals surface area contributed by atoms with E-state index in [9.17, 15) is 9.59 Å². The summed E-state index contributed by atoms with van der Waals surface area (Å²) in [5.41, 5.74) is -0.447. The molecule has 0 saturated carbocycles. The summed E-state index contributed by atoms with van der Waals surface area (Å²) in [6.07, 6.45) is 0. The van der Waals surface area contributed by atoms with Crippen LogP contribution in [0.3, 0.4) is 0 Å². The van der Waals surface area contributed by atoms with E-state index in [-0.39, 0.29) is 18.3 Å². The van der Waals surface area contributed by atoms with Crippen molar-refractivity contribution in [1.29, 1.82) is 0 Å². The number of carboxylic acid groups (broad SMARTS) is 1. The predicted octanol–water partition coefficient (Wildman–Crippen LogP) is 1.07. The lowest BCUT2D eigenvalue weighted by atomic mass is 10.1. The van der Waals surface area contributed by atoms with Gasteiger partial charge in [-0.1, -0.05) is 0 Å². The van der Waals surface area contributed by atoms with Crippen LogP contribution in [0, 0.1) is 0 Å². The van der Waals surface area contributed by atoms with Gasteiger partial charge in [-0.3, -0.25) is 0 Å². The highest BCUT2D eigenvalue weighted by atomic mass is 32.1. The summed E-state index contributed by atoms with van der Waals surface area (Å²) in [5.74, 6) is -1.08. The van der Waals surface area contributed by atoms with Gasteiger partial charge >= 0.3 is 12.0 Å². The van der Waals surface area contributed by atoms with Gasteiger partial charge in [-0.25, -0.2) is 14.6 Å². The fourth-order valence-corrected chi connectivity index (χ4v) is 1.78. The predicted molar refractivity (Wildman–Crippen MR) is 70.4 cm³/mol. The molecule has 0 saturated heterocycles. The van der Waals surface area contributed by atoms with E-state index < -0.39 is 11.6 Å². The Morgan fingerprint density at radius 1 is 1.47 bits per heavy atom. The molecule has 106 valence electrons. The van der Waals surface area contributed by atoms with Crippen LogP contribution in [0.2, 0.25) is 0 Å². The second-order valence-corrected chi connectivity index (χ2v) is 5.37. The molecule has 0 fully saturated rings. The van der Waals surface area contributed by atoms with Crippen LogP contribution in [0.25, 0.3) is 0 Å². The van der Waals surface area contributed by atoms with Crippen LogP contribution in [0.15, 0.2) is 5.38 Å². The number of rotatable bonds is 6. The molecule has 1 aromatic rings. The van der Waals surface area contributed by atoms with Gasteiger partial charge < -0.3 is 20.5 Å². The topological polar surface area (TPSA) is 101 Å². The monoisotopic (exact) mass is 287 g/mol. The Kier molecular flexibility index (Phi) is 5.25. The van der Waals surface area contributed by atoms with Gasteiger partial charge in [0.05, 0.1) is 12.1 Å². The highest BCUT2D eigenvalue weighted by molar-refractivity contribution is 7.09. The molecule has 8 heteroatoms. The summed E-state index contributed by atoms with van der Waals surface area (Å²) < 4.78 is 5.16. The van der Waals surface area contributed by atoms with Crippen molar-refractivity contribution in [3.05, 3.63) is 16.1 Å². The molecule has 0 aliphatic rings. The number of hydrogen-bond donors (Lipinski definition) is 3. The first-order valence-electron chi connectivity index (χ1n) is 5.58. The molecule has 0 aromatic carbocycles. The molecular weight excluding hydrogens is 270 g/mol. The van der Waals surface area contributed by atoms with Gasteiger partial charge in [0, 0.05) is 19.0 Å². The lowest BCUT2D eigenvalue weighted by molar-refractivity contribution is 0.0254. The summed E-state index contributed by atoms with van der Waals surface area (Å²) in [6.45, 7) is 4.27. The smallest absolute Gasteiger partial charge is 0.355 e. The van der Waals surface area contributed by atoms with E-state index in [1.165, 1.54) is 16.7 Å². The van der Waals surface area contributed by atoms with Crippen LogP contribution < -0.4 is 10.6 Å². The van der Waals surface area contributed by atoms with Crippen molar-refractivity contribution in [2.45, 2.75) is 26.0 Å². The van der Waals surface area contributed by atoms with Gasteiger partial charge in [-0.05, 0) is 13.8 Å². The van der Waals surface area contributed by atoms with Gasteiger partial charge in [0.15, 0.2) is 5.69 Å². The van der Waals surface area contributed by atoms with Crippen LogP contribution in [-0.2, 0) is 11.3 Å². The number of ether oxygens (including phenoxy) is 1. The van der Waals surface area contributed by atoms with Crippen LogP contribution in [0.5, 0.6) is 0 Å². The van der Waals surface area contributed by atoms with E-state index in [4.69, 9.17) is 9.84 Å². The van der Waals surface area contributed by atoms with Crippen molar-refractivity contribution in [2.75, 3.05) is 13.7 Å². The van der Waals surface area contributed by atoms with Crippen LogP contribution in [-0.4, -0.2) is 41.3 Å². The van der Waals surface area contributed by atoms with Crippen molar-refractivity contribution in [1.82, 2.24) is 15.6 Å². The van der Waals surface area contributed by atoms with Gasteiger partial charge in [0.1, 0.15) is 5.01 Å². The molecule has 7 nitrogen and oxygen atoms in total. The van der Waals surface area contributed by atoms with Gasteiger partial charge in [0.25, 0.3) is 0 Å². The third kappa shape index (κ3) is 5.23. The number of carbonyl (C=O) groups excluding carboxylic acids is 1. The minimum absolute atomic E-state index is 0.0114. The summed E-state index contributed by atoms with van der Waals surface area (Å²) in [6, 6.07) is -0.350. The molecule has 0 bridgehead atoms. The molecule has 1 heterocycles. The molecule has 1 aromatic heterocycles. The molecule has 3 N–H and O–H groups in total. The number of carboxylic acids is 1. The normalized spacial score (nSPS) is 11.1. The quantitative estimate of drug-likeness (QED) is 0.726. The molecule has 0 aliphatic heterocycles. The zero-order chi connectivity index (χ0) is 14.5. The maximum atomic E-state index is 11.5. The Hall–Kier alpha value is -1.67. The molecule has 0 radical (unpaired) electrons. The lowest BCUT2D eigenvalue weighted by Crippen LogP contribution is -2.44. The number of urea groups is 1. The summed E-state index contributed by atoms with van der Waals surface area (Å²) >= 11 is 1.19. The average Bonchev–Trinajstić information content (AvgIpc) is 2.83. The number of nitrogens with one attached hydrogen (secondary N) is 2. The van der Waals surface area contributed by atoms with Gasteiger partial charge in [-0.15, -0.1) is 11.3 Å². The van der Waals surface area contributed by atoms with Crippen molar-refractivity contribution in [3.8, 4) is 0 Å². The van der Waals surface area contributed by atoms with E-state index in [1.807, 2.05) is 13.8 Å². The minimum Gasteiger partial charge on any atom is -0.476 e. The number of methoxy groups -OCH3 is 1. The third-order valence-corrected chi connectivity index (χ3v) is 3.25. The number of nitrogens with zero attached hydrogens (tertiary/aromatic N) is 1. The second-order valence-electron chi connectivity index (χ2n) is 4.43. The fourth-order valence-electron chi connectivity index (χ4n) is 1.07. The van der Waals surface area contributed by atoms with E-state index in [1.54, 1.807) is 7.11 Å². The standard InChI is InChI=1S/C11H17N3O4S/c1-11(2,18-3)6-13-10(17)12-4-8-14-7(5-19-8)9(15)16/h5H,4,6H2,1-3H3,(H,15,16)(H2,12,13,17). The maximum Gasteiger partial charge on any atom is 0.355 e. The Bertz CT molecular complexity index is 459. The van der Waals surface area contributed by atoms with E-state index in [0.29, 0.717) is 11.6 Å². The van der Waals surface area contributed by atoms with E-state index in [0.717, 1.165) is 0 Å². The number of thiazole rings is 1. The van der Waals surface area contributed by atoms with Crippen molar-refractivity contribution in [2.24, 2.45) is 0 Å². The Morgan fingerprint density at radius 3 is 2.68 bits per heavy atom. The maximum absolute atomic E-state index is 11.5. The summed E-state index contributed by atoms with van der Waals surface area (Å²) in [7, 11) is 1.57. The number of aromatic nitrogens is 1. The molecular formula is C11H17N3O4S. The molecule has 0 atom stereocenters. The summed E-state index contributed by atoms with van der Waals surface area (Å²) in [5, 5.41) is 15.9. The Labute approximate surface area is 115 Å². The first-order chi connectivity index (χ1) is 8.84. The largest absolute Gasteiger partial charge is 0.476 e. The SMILES string of the molecule is COC(C)(C)CNC(=O)NCc1nc(C(=O)O)cs1. The fraction of sp³-hybridized carbons (Fsp3) is 0.545. The third-order valence-electron chi connectivity index (χ3n) is 2.40. The van der Waals surface area contributed by atoms with E-state index in [2.05, 4.69) is 15.6 Å². The second kappa shape index (κ2) is 6.48. The molecule has 0 aliphatic carbocycles. The molecule has 0 unspecified atom stereocenters. The van der Waals surface area contributed by atoms with Gasteiger partial charge in [-0.2, -0.15) is 0 Å². The number of carbonyl (C=O) groups is 2. The van der Waals surface area contributed by atoms with Crippen molar-refractivity contribution < 1.29 is 19.4 Å². The van der Waals surface area contributed by atoms with Crippen LogP contribution >= 0.6 is 11.3 Å². The highest BCUT2D eigenvalue weighted by Gasteiger charge is 2.17.